The fourth-order valence-corrected chi connectivity index (χ4v) is 4.23. The molecular weight excluding hydrogens is 286 g/mol. The number of benzene rings is 1. The lowest BCUT2D eigenvalue weighted by atomic mass is 10.2. The van der Waals surface area contributed by atoms with Gasteiger partial charge in [-0.15, -0.1) is 0 Å². The Hall–Kier alpha value is -1.05. The standard InChI is InChI=1S/C13H18F2N2O2S/c1-2-7-17(11-5-6-16-9-11)20(18,19)13-8-10(14)3-4-12(13)15/h3-4,8,11,16H,2,5-7,9H2,1H3. The maximum absolute atomic E-state index is 13.8. The molecule has 1 aromatic rings. The largest absolute Gasteiger partial charge is 0.315 e. The monoisotopic (exact) mass is 304 g/mol. The van der Waals surface area contributed by atoms with Crippen molar-refractivity contribution in [2.24, 2.45) is 0 Å². The fourth-order valence-electron chi connectivity index (χ4n) is 2.41. The molecule has 112 valence electrons. The first kappa shape index (κ1) is 15.3. The van der Waals surface area contributed by atoms with Crippen LogP contribution in [0.3, 0.4) is 0 Å². The summed E-state index contributed by atoms with van der Waals surface area (Å²) in [4.78, 5) is -0.585. The smallest absolute Gasteiger partial charge is 0.246 e. The molecule has 0 radical (unpaired) electrons. The molecule has 0 saturated carbocycles. The van der Waals surface area contributed by atoms with Gasteiger partial charge < -0.3 is 5.32 Å². The molecule has 7 heteroatoms. The molecule has 0 spiro atoms. The van der Waals surface area contributed by atoms with Crippen molar-refractivity contribution in [1.82, 2.24) is 9.62 Å². The van der Waals surface area contributed by atoms with Gasteiger partial charge in [-0.3, -0.25) is 0 Å². The van der Waals surface area contributed by atoms with E-state index in [9.17, 15) is 17.2 Å². The highest BCUT2D eigenvalue weighted by Crippen LogP contribution is 2.24. The molecule has 1 aliphatic heterocycles. The number of hydrogen-bond donors (Lipinski definition) is 1. The minimum atomic E-state index is -4.02. The lowest BCUT2D eigenvalue weighted by Gasteiger charge is -2.27. The summed E-state index contributed by atoms with van der Waals surface area (Å²) in [6.45, 7) is 3.42. The second-order valence-electron chi connectivity index (χ2n) is 4.84. The minimum absolute atomic E-state index is 0.206. The van der Waals surface area contributed by atoms with Crippen LogP contribution in [0, 0.1) is 11.6 Å². The second-order valence-corrected chi connectivity index (χ2v) is 6.70. The van der Waals surface area contributed by atoms with E-state index in [1.807, 2.05) is 6.92 Å². The van der Waals surface area contributed by atoms with Gasteiger partial charge in [0.05, 0.1) is 0 Å². The Morgan fingerprint density at radius 2 is 2.15 bits per heavy atom. The SMILES string of the molecule is CCCN(C1CCNC1)S(=O)(=O)c1cc(F)ccc1F. The summed E-state index contributed by atoms with van der Waals surface area (Å²) >= 11 is 0. The van der Waals surface area contributed by atoms with Crippen molar-refractivity contribution in [3.05, 3.63) is 29.8 Å². The molecule has 1 aromatic carbocycles. The molecule has 1 heterocycles. The summed E-state index contributed by atoms with van der Waals surface area (Å²) in [5, 5.41) is 3.09. The lowest BCUT2D eigenvalue weighted by Crippen LogP contribution is -2.42. The topological polar surface area (TPSA) is 49.4 Å². The van der Waals surface area contributed by atoms with E-state index in [4.69, 9.17) is 0 Å². The Morgan fingerprint density at radius 1 is 1.40 bits per heavy atom. The molecule has 1 atom stereocenters. The molecule has 1 aliphatic rings. The Kier molecular flexibility index (Phi) is 4.72. The van der Waals surface area contributed by atoms with Crippen molar-refractivity contribution in [2.75, 3.05) is 19.6 Å². The van der Waals surface area contributed by atoms with Gasteiger partial charge in [0.25, 0.3) is 0 Å². The molecule has 1 unspecified atom stereocenters. The molecule has 1 fully saturated rings. The number of hydrogen-bond acceptors (Lipinski definition) is 3. The van der Waals surface area contributed by atoms with Crippen LogP contribution in [0.25, 0.3) is 0 Å². The number of nitrogens with zero attached hydrogens (tertiary/aromatic N) is 1. The Balaban J connectivity index is 2.41. The van der Waals surface area contributed by atoms with Crippen LogP contribution in [0.2, 0.25) is 0 Å². The van der Waals surface area contributed by atoms with Gasteiger partial charge in [0.15, 0.2) is 0 Å². The van der Waals surface area contributed by atoms with E-state index in [2.05, 4.69) is 5.32 Å². The maximum Gasteiger partial charge on any atom is 0.246 e. The van der Waals surface area contributed by atoms with Crippen LogP contribution in [0.15, 0.2) is 23.1 Å². The van der Waals surface area contributed by atoms with Crippen molar-refractivity contribution < 1.29 is 17.2 Å². The van der Waals surface area contributed by atoms with E-state index in [1.165, 1.54) is 4.31 Å². The molecule has 0 aliphatic carbocycles. The Labute approximate surface area is 117 Å². The van der Waals surface area contributed by atoms with Crippen molar-refractivity contribution in [3.63, 3.8) is 0 Å². The number of sulfonamides is 1. The zero-order chi connectivity index (χ0) is 14.8. The van der Waals surface area contributed by atoms with E-state index in [0.717, 1.165) is 24.7 Å². The van der Waals surface area contributed by atoms with Gasteiger partial charge >= 0.3 is 0 Å². The number of rotatable bonds is 5. The van der Waals surface area contributed by atoms with E-state index >= 15 is 0 Å². The summed E-state index contributed by atoms with van der Waals surface area (Å²) in [5.41, 5.74) is 0. The average molecular weight is 304 g/mol. The predicted molar refractivity (Wildman–Crippen MR) is 71.8 cm³/mol. The highest BCUT2D eigenvalue weighted by molar-refractivity contribution is 7.89. The highest BCUT2D eigenvalue weighted by atomic mass is 32.2. The van der Waals surface area contributed by atoms with Gasteiger partial charge in [0, 0.05) is 19.1 Å². The molecular formula is C13H18F2N2O2S. The normalized spacial score (nSPS) is 19.7. The van der Waals surface area contributed by atoms with Crippen LogP contribution in [0.4, 0.5) is 8.78 Å². The third-order valence-electron chi connectivity index (χ3n) is 3.37. The third-order valence-corrected chi connectivity index (χ3v) is 5.33. The zero-order valence-corrected chi connectivity index (χ0v) is 12.1. The molecule has 0 bridgehead atoms. The lowest BCUT2D eigenvalue weighted by molar-refractivity contribution is 0.333. The van der Waals surface area contributed by atoms with Crippen LogP contribution in [0.1, 0.15) is 19.8 Å². The molecule has 0 aromatic heterocycles. The third kappa shape index (κ3) is 2.99. The zero-order valence-electron chi connectivity index (χ0n) is 11.3. The molecule has 2 rings (SSSR count). The van der Waals surface area contributed by atoms with Gasteiger partial charge in [-0.25, -0.2) is 17.2 Å². The van der Waals surface area contributed by atoms with Gasteiger partial charge in [-0.05, 0) is 37.6 Å². The highest BCUT2D eigenvalue weighted by Gasteiger charge is 2.34. The van der Waals surface area contributed by atoms with Gasteiger partial charge in [0.1, 0.15) is 16.5 Å². The molecule has 1 N–H and O–H groups in total. The van der Waals surface area contributed by atoms with E-state index in [0.29, 0.717) is 25.9 Å². The van der Waals surface area contributed by atoms with E-state index in [-0.39, 0.29) is 6.04 Å². The molecule has 4 nitrogen and oxygen atoms in total. The van der Waals surface area contributed by atoms with Crippen molar-refractivity contribution >= 4 is 10.0 Å². The van der Waals surface area contributed by atoms with E-state index < -0.39 is 26.6 Å². The van der Waals surface area contributed by atoms with Crippen molar-refractivity contribution in [2.45, 2.75) is 30.7 Å². The van der Waals surface area contributed by atoms with Crippen LogP contribution in [-0.4, -0.2) is 38.4 Å². The summed E-state index contributed by atoms with van der Waals surface area (Å²) in [5.74, 6) is -1.68. The number of nitrogens with one attached hydrogen (secondary N) is 1. The first-order valence-corrected chi connectivity index (χ1v) is 8.08. The molecule has 1 saturated heterocycles. The first-order chi connectivity index (χ1) is 9.46. The fraction of sp³-hybridized carbons (Fsp3) is 0.538. The van der Waals surface area contributed by atoms with Crippen molar-refractivity contribution in [1.29, 1.82) is 0 Å². The van der Waals surface area contributed by atoms with Crippen LogP contribution >= 0.6 is 0 Å². The van der Waals surface area contributed by atoms with Crippen LogP contribution in [-0.2, 0) is 10.0 Å². The minimum Gasteiger partial charge on any atom is -0.315 e. The second kappa shape index (κ2) is 6.15. The summed E-state index contributed by atoms with van der Waals surface area (Å²) < 4.78 is 53.4. The average Bonchev–Trinajstić information content (AvgIpc) is 2.92. The molecule has 20 heavy (non-hydrogen) atoms. The van der Waals surface area contributed by atoms with Gasteiger partial charge in [0.2, 0.25) is 10.0 Å². The van der Waals surface area contributed by atoms with Crippen LogP contribution < -0.4 is 5.32 Å². The Morgan fingerprint density at radius 3 is 2.75 bits per heavy atom. The van der Waals surface area contributed by atoms with Gasteiger partial charge in [-0.2, -0.15) is 4.31 Å². The quantitative estimate of drug-likeness (QED) is 0.901. The van der Waals surface area contributed by atoms with Crippen molar-refractivity contribution in [3.8, 4) is 0 Å². The molecule has 0 amide bonds. The predicted octanol–water partition coefficient (Wildman–Crippen LogP) is 1.73. The van der Waals surface area contributed by atoms with Crippen LogP contribution in [0.5, 0.6) is 0 Å². The first-order valence-electron chi connectivity index (χ1n) is 6.64. The van der Waals surface area contributed by atoms with Gasteiger partial charge in [-0.1, -0.05) is 6.92 Å². The maximum atomic E-state index is 13.8. The summed E-state index contributed by atoms with van der Waals surface area (Å²) in [6, 6.07) is 2.30. The number of halogens is 2. The summed E-state index contributed by atoms with van der Waals surface area (Å²) in [7, 11) is -4.02. The Bertz CT molecular complexity index is 572. The van der Waals surface area contributed by atoms with E-state index in [1.54, 1.807) is 0 Å². The summed E-state index contributed by atoms with van der Waals surface area (Å²) in [6.07, 6.45) is 1.29.